The fraction of sp³-hybridized carbons (Fsp3) is 0.375. The Morgan fingerprint density at radius 2 is 2.15 bits per heavy atom. The van der Waals surface area contributed by atoms with E-state index in [0.717, 1.165) is 5.56 Å². The number of carboxylic acid groups (broad SMARTS) is 1. The molecule has 0 aromatic carbocycles. The molecule has 0 spiro atoms. The Labute approximate surface area is 83.8 Å². The number of furan rings is 1. The second-order valence-electron chi connectivity index (χ2n) is 2.79. The molecule has 0 aliphatic carbocycles. The molecule has 0 aliphatic heterocycles. The number of nitrogens with two attached hydrogens (primary N) is 1. The first-order valence-electron chi connectivity index (χ1n) is 3.69. The molecule has 72 valence electrons. The summed E-state index contributed by atoms with van der Waals surface area (Å²) in [4.78, 5) is 10.6. The van der Waals surface area contributed by atoms with Crippen molar-refractivity contribution in [3.05, 3.63) is 21.6 Å². The van der Waals surface area contributed by atoms with Gasteiger partial charge in [-0.15, -0.1) is 0 Å². The highest BCUT2D eigenvalue weighted by molar-refractivity contribution is 9.10. The van der Waals surface area contributed by atoms with Crippen molar-refractivity contribution in [2.75, 3.05) is 0 Å². The van der Waals surface area contributed by atoms with Crippen molar-refractivity contribution in [2.45, 2.75) is 19.9 Å². The molecular formula is C8H10BrNO3. The van der Waals surface area contributed by atoms with Crippen LogP contribution in [-0.4, -0.2) is 11.1 Å². The van der Waals surface area contributed by atoms with E-state index < -0.39 is 12.0 Å². The minimum Gasteiger partial charge on any atom is -0.480 e. The van der Waals surface area contributed by atoms with Crippen molar-refractivity contribution >= 4 is 21.9 Å². The van der Waals surface area contributed by atoms with Crippen LogP contribution in [-0.2, 0) is 4.79 Å². The Balaban J connectivity index is 3.20. The molecule has 1 atom stereocenters. The molecule has 5 heteroatoms. The van der Waals surface area contributed by atoms with Gasteiger partial charge in [0.1, 0.15) is 11.8 Å². The molecule has 0 saturated carbocycles. The minimum absolute atomic E-state index is 0.539. The summed E-state index contributed by atoms with van der Waals surface area (Å²) >= 11 is 3.17. The van der Waals surface area contributed by atoms with Gasteiger partial charge in [0.25, 0.3) is 0 Å². The Bertz CT molecular complexity index is 345. The van der Waals surface area contributed by atoms with E-state index in [1.807, 2.05) is 0 Å². The largest absolute Gasteiger partial charge is 0.480 e. The first-order valence-corrected chi connectivity index (χ1v) is 4.48. The molecule has 1 aromatic heterocycles. The van der Waals surface area contributed by atoms with Crippen LogP contribution in [0, 0.1) is 13.8 Å². The minimum atomic E-state index is -1.06. The quantitative estimate of drug-likeness (QED) is 0.835. The van der Waals surface area contributed by atoms with Crippen LogP contribution >= 0.6 is 15.9 Å². The van der Waals surface area contributed by atoms with Gasteiger partial charge in [-0.1, -0.05) is 0 Å². The van der Waals surface area contributed by atoms with E-state index in [9.17, 15) is 4.79 Å². The van der Waals surface area contributed by atoms with Crippen LogP contribution in [0.1, 0.15) is 22.9 Å². The number of carbonyl (C=O) groups is 1. The molecule has 0 radical (unpaired) electrons. The predicted octanol–water partition coefficient (Wildman–Crippen LogP) is 1.74. The maximum absolute atomic E-state index is 10.6. The van der Waals surface area contributed by atoms with E-state index in [1.54, 1.807) is 13.8 Å². The first-order chi connectivity index (χ1) is 5.95. The maximum atomic E-state index is 10.6. The van der Waals surface area contributed by atoms with Gasteiger partial charge in [0.15, 0.2) is 4.67 Å². The molecule has 1 unspecified atom stereocenters. The summed E-state index contributed by atoms with van der Waals surface area (Å²) in [6.45, 7) is 3.45. The number of halogens is 1. The normalized spacial score (nSPS) is 12.9. The second kappa shape index (κ2) is 3.51. The standard InChI is InChI=1S/C8H10BrNO3/c1-3-5(6(10)8(11)12)4(2)13-7(3)9/h6H,10H2,1-2H3,(H,11,12). The molecule has 0 bridgehead atoms. The number of aryl methyl sites for hydroxylation is 1. The van der Waals surface area contributed by atoms with Crippen molar-refractivity contribution < 1.29 is 14.3 Å². The van der Waals surface area contributed by atoms with Crippen LogP contribution in [0.15, 0.2) is 9.09 Å². The summed E-state index contributed by atoms with van der Waals surface area (Å²) < 4.78 is 5.73. The first kappa shape index (κ1) is 10.3. The summed E-state index contributed by atoms with van der Waals surface area (Å²) in [6.07, 6.45) is 0. The highest BCUT2D eigenvalue weighted by Gasteiger charge is 2.23. The van der Waals surface area contributed by atoms with E-state index in [-0.39, 0.29) is 0 Å². The molecule has 0 saturated heterocycles. The summed E-state index contributed by atoms with van der Waals surface area (Å²) in [6, 6.07) is -1.02. The Kier molecular flexibility index (Phi) is 2.77. The van der Waals surface area contributed by atoms with Gasteiger partial charge in [0.05, 0.1) is 0 Å². The third-order valence-electron chi connectivity index (χ3n) is 1.90. The van der Waals surface area contributed by atoms with Gasteiger partial charge in [-0.2, -0.15) is 0 Å². The van der Waals surface area contributed by atoms with Crippen molar-refractivity contribution in [2.24, 2.45) is 5.73 Å². The monoisotopic (exact) mass is 247 g/mol. The molecule has 0 aliphatic rings. The predicted molar refractivity (Wildman–Crippen MR) is 50.4 cm³/mol. The van der Waals surface area contributed by atoms with Crippen molar-refractivity contribution in [3.8, 4) is 0 Å². The zero-order valence-electron chi connectivity index (χ0n) is 7.30. The van der Waals surface area contributed by atoms with Crippen LogP contribution in [0.5, 0.6) is 0 Å². The number of hydrogen-bond donors (Lipinski definition) is 2. The van der Waals surface area contributed by atoms with E-state index in [1.165, 1.54) is 0 Å². The lowest BCUT2D eigenvalue weighted by Gasteiger charge is -2.05. The highest BCUT2D eigenvalue weighted by Crippen LogP contribution is 2.29. The summed E-state index contributed by atoms with van der Waals surface area (Å²) in [5.74, 6) is -0.515. The van der Waals surface area contributed by atoms with Crippen LogP contribution < -0.4 is 5.73 Å². The molecule has 1 heterocycles. The van der Waals surface area contributed by atoms with Gasteiger partial charge in [0.2, 0.25) is 0 Å². The van der Waals surface area contributed by atoms with E-state index in [2.05, 4.69) is 15.9 Å². The molecule has 1 aromatic rings. The van der Waals surface area contributed by atoms with Crippen molar-refractivity contribution in [1.29, 1.82) is 0 Å². The average molecular weight is 248 g/mol. The number of rotatable bonds is 2. The van der Waals surface area contributed by atoms with Gasteiger partial charge in [-0.05, 0) is 29.8 Å². The van der Waals surface area contributed by atoms with Crippen LogP contribution in [0.2, 0.25) is 0 Å². The number of hydrogen-bond acceptors (Lipinski definition) is 3. The Hall–Kier alpha value is -0.810. The maximum Gasteiger partial charge on any atom is 0.325 e. The van der Waals surface area contributed by atoms with E-state index in [0.29, 0.717) is 16.0 Å². The van der Waals surface area contributed by atoms with Gasteiger partial charge in [0, 0.05) is 11.1 Å². The van der Waals surface area contributed by atoms with E-state index >= 15 is 0 Å². The molecular weight excluding hydrogens is 238 g/mol. The van der Waals surface area contributed by atoms with Gasteiger partial charge >= 0.3 is 5.97 Å². The zero-order valence-corrected chi connectivity index (χ0v) is 8.88. The van der Waals surface area contributed by atoms with Gasteiger partial charge < -0.3 is 15.3 Å². The fourth-order valence-corrected chi connectivity index (χ4v) is 1.67. The van der Waals surface area contributed by atoms with E-state index in [4.69, 9.17) is 15.3 Å². The topological polar surface area (TPSA) is 76.5 Å². The van der Waals surface area contributed by atoms with Crippen molar-refractivity contribution in [1.82, 2.24) is 0 Å². The zero-order chi connectivity index (χ0) is 10.2. The fourth-order valence-electron chi connectivity index (χ4n) is 1.21. The highest BCUT2D eigenvalue weighted by atomic mass is 79.9. The smallest absolute Gasteiger partial charge is 0.325 e. The lowest BCUT2D eigenvalue weighted by atomic mass is 10.1. The van der Waals surface area contributed by atoms with Gasteiger partial charge in [-0.25, -0.2) is 0 Å². The molecule has 3 N–H and O–H groups in total. The summed E-state index contributed by atoms with van der Waals surface area (Å²) in [5.41, 5.74) is 6.76. The third kappa shape index (κ3) is 1.76. The Morgan fingerprint density at radius 1 is 1.62 bits per heavy atom. The number of aliphatic carboxylic acids is 1. The molecule has 0 amide bonds. The summed E-state index contributed by atoms with van der Waals surface area (Å²) in [5, 5.41) is 8.71. The third-order valence-corrected chi connectivity index (χ3v) is 2.65. The molecule has 0 fully saturated rings. The second-order valence-corrected chi connectivity index (χ2v) is 3.51. The average Bonchev–Trinajstić information content (AvgIpc) is 2.26. The van der Waals surface area contributed by atoms with Crippen LogP contribution in [0.25, 0.3) is 0 Å². The van der Waals surface area contributed by atoms with Crippen LogP contribution in [0.3, 0.4) is 0 Å². The molecule has 4 nitrogen and oxygen atoms in total. The van der Waals surface area contributed by atoms with Crippen molar-refractivity contribution in [3.63, 3.8) is 0 Å². The lowest BCUT2D eigenvalue weighted by molar-refractivity contribution is -0.138. The van der Waals surface area contributed by atoms with Gasteiger partial charge in [-0.3, -0.25) is 4.79 Å². The van der Waals surface area contributed by atoms with Crippen LogP contribution in [0.4, 0.5) is 0 Å². The SMILES string of the molecule is Cc1oc(Br)c(C)c1C(N)C(=O)O. The molecule has 1 rings (SSSR count). The summed E-state index contributed by atoms with van der Waals surface area (Å²) in [7, 11) is 0. The number of carboxylic acids is 1. The Morgan fingerprint density at radius 3 is 2.46 bits per heavy atom. The lowest BCUT2D eigenvalue weighted by Crippen LogP contribution is -2.21. The molecule has 13 heavy (non-hydrogen) atoms.